The number of hydrogen-bond acceptors (Lipinski definition) is 4. The van der Waals surface area contributed by atoms with E-state index in [-0.39, 0.29) is 18.5 Å². The van der Waals surface area contributed by atoms with Gasteiger partial charge in [-0.15, -0.1) is 0 Å². The summed E-state index contributed by atoms with van der Waals surface area (Å²) in [5.41, 5.74) is 0.688. The lowest BCUT2D eigenvalue weighted by Gasteiger charge is -2.14. The van der Waals surface area contributed by atoms with Crippen LogP contribution in [0.1, 0.15) is 33.3 Å². The van der Waals surface area contributed by atoms with Crippen molar-refractivity contribution in [2.75, 3.05) is 13.2 Å². The molecule has 0 amide bonds. The quantitative estimate of drug-likeness (QED) is 0.750. The molecule has 0 unspecified atom stereocenters. The number of benzene rings is 1. The van der Waals surface area contributed by atoms with Crippen LogP contribution in [-0.4, -0.2) is 25.2 Å². The Morgan fingerprint density at radius 2 is 2.00 bits per heavy atom. The molecule has 1 aromatic carbocycles. The molecule has 1 aromatic rings. The molecule has 0 aliphatic heterocycles. The number of ether oxygens (including phenoxy) is 2. The van der Waals surface area contributed by atoms with Crippen LogP contribution in [0, 0.1) is 11.7 Å². The van der Waals surface area contributed by atoms with E-state index in [4.69, 9.17) is 9.47 Å². The predicted molar refractivity (Wildman–Crippen MR) is 79.7 cm³/mol. The Kier molecular flexibility index (Phi) is 7.15. The van der Waals surface area contributed by atoms with E-state index in [0.717, 1.165) is 6.54 Å². The summed E-state index contributed by atoms with van der Waals surface area (Å²) in [5.74, 6) is -0.371. The van der Waals surface area contributed by atoms with Gasteiger partial charge in [0.1, 0.15) is 0 Å². The van der Waals surface area contributed by atoms with Crippen LogP contribution in [-0.2, 0) is 16.1 Å². The fourth-order valence-electron chi connectivity index (χ4n) is 1.78. The van der Waals surface area contributed by atoms with Crippen LogP contribution in [0.2, 0.25) is 0 Å². The van der Waals surface area contributed by atoms with Crippen molar-refractivity contribution >= 4 is 5.97 Å². The molecule has 0 atom stereocenters. The van der Waals surface area contributed by atoms with Crippen LogP contribution >= 0.6 is 0 Å². The van der Waals surface area contributed by atoms with Gasteiger partial charge in [0.15, 0.2) is 18.2 Å². The van der Waals surface area contributed by atoms with Gasteiger partial charge in [0.25, 0.3) is 0 Å². The molecule has 0 fully saturated rings. The maximum atomic E-state index is 13.8. The summed E-state index contributed by atoms with van der Waals surface area (Å²) in [4.78, 5) is 11.5. The van der Waals surface area contributed by atoms with E-state index in [9.17, 15) is 9.18 Å². The van der Waals surface area contributed by atoms with E-state index in [1.807, 2.05) is 0 Å². The molecule has 5 heteroatoms. The van der Waals surface area contributed by atoms with E-state index in [0.29, 0.717) is 18.0 Å². The topological polar surface area (TPSA) is 47.6 Å². The number of carbonyl (C=O) groups is 1. The van der Waals surface area contributed by atoms with Crippen molar-refractivity contribution in [1.29, 1.82) is 0 Å². The number of carbonyl (C=O) groups excluding carboxylic acids is 1. The molecule has 1 N–H and O–H groups in total. The molecular formula is C16H24FNO3. The smallest absolute Gasteiger partial charge is 0.344 e. The number of esters is 1. The lowest BCUT2D eigenvalue weighted by atomic mass is 10.1. The third kappa shape index (κ3) is 6.58. The van der Waals surface area contributed by atoms with Gasteiger partial charge >= 0.3 is 5.97 Å². The minimum atomic E-state index is -0.505. The maximum absolute atomic E-state index is 13.8. The van der Waals surface area contributed by atoms with Crippen molar-refractivity contribution in [3.05, 3.63) is 29.6 Å². The van der Waals surface area contributed by atoms with E-state index in [2.05, 4.69) is 19.2 Å². The first-order valence-corrected chi connectivity index (χ1v) is 7.20. The van der Waals surface area contributed by atoms with E-state index in [1.165, 1.54) is 6.07 Å². The third-order valence-corrected chi connectivity index (χ3v) is 2.62. The fourth-order valence-corrected chi connectivity index (χ4v) is 1.78. The second-order valence-electron chi connectivity index (χ2n) is 5.58. The molecule has 4 nitrogen and oxygen atoms in total. The largest absolute Gasteiger partial charge is 0.478 e. The molecule has 0 aliphatic carbocycles. The van der Waals surface area contributed by atoms with Crippen LogP contribution in [0.4, 0.5) is 4.39 Å². The van der Waals surface area contributed by atoms with Gasteiger partial charge in [-0.1, -0.05) is 26.0 Å². The van der Waals surface area contributed by atoms with Gasteiger partial charge in [0, 0.05) is 12.1 Å². The second-order valence-corrected chi connectivity index (χ2v) is 5.58. The summed E-state index contributed by atoms with van der Waals surface area (Å²) >= 11 is 0. The summed E-state index contributed by atoms with van der Waals surface area (Å²) in [5, 5.41) is 3.23. The molecule has 0 aliphatic rings. The minimum Gasteiger partial charge on any atom is -0.478 e. The average Bonchev–Trinajstić information content (AvgIpc) is 2.36. The average molecular weight is 297 g/mol. The van der Waals surface area contributed by atoms with Gasteiger partial charge in [-0.2, -0.15) is 0 Å². The summed E-state index contributed by atoms with van der Waals surface area (Å²) in [6.45, 7) is 8.71. The van der Waals surface area contributed by atoms with Crippen LogP contribution < -0.4 is 10.1 Å². The summed E-state index contributed by atoms with van der Waals surface area (Å²) in [6.07, 6.45) is -0.214. The first kappa shape index (κ1) is 17.4. The van der Waals surface area contributed by atoms with Gasteiger partial charge in [0.2, 0.25) is 0 Å². The lowest BCUT2D eigenvalue weighted by molar-refractivity contribution is -0.149. The molecule has 0 saturated heterocycles. The van der Waals surface area contributed by atoms with Crippen LogP contribution in [0.25, 0.3) is 0 Å². The number of para-hydroxylation sites is 1. The highest BCUT2D eigenvalue weighted by Crippen LogP contribution is 2.22. The normalized spacial score (nSPS) is 11.0. The van der Waals surface area contributed by atoms with Gasteiger partial charge in [-0.3, -0.25) is 0 Å². The Labute approximate surface area is 125 Å². The maximum Gasteiger partial charge on any atom is 0.344 e. The molecule has 21 heavy (non-hydrogen) atoms. The molecule has 0 spiro atoms. The summed E-state index contributed by atoms with van der Waals surface area (Å²) in [6, 6.07) is 4.72. The van der Waals surface area contributed by atoms with Crippen molar-refractivity contribution in [1.82, 2.24) is 5.32 Å². The highest BCUT2D eigenvalue weighted by Gasteiger charge is 2.13. The Morgan fingerprint density at radius 1 is 1.29 bits per heavy atom. The number of halogens is 1. The van der Waals surface area contributed by atoms with E-state index in [1.54, 1.807) is 26.0 Å². The Bertz CT molecular complexity index is 461. The fraction of sp³-hybridized carbons (Fsp3) is 0.562. The third-order valence-electron chi connectivity index (χ3n) is 2.62. The van der Waals surface area contributed by atoms with Gasteiger partial charge in [0.05, 0.1) is 6.10 Å². The number of hydrogen-bond donors (Lipinski definition) is 1. The zero-order chi connectivity index (χ0) is 15.8. The zero-order valence-electron chi connectivity index (χ0n) is 13.1. The molecule has 1 rings (SSSR count). The first-order valence-electron chi connectivity index (χ1n) is 7.20. The predicted octanol–water partition coefficient (Wildman–Crippen LogP) is 2.90. The number of rotatable bonds is 8. The molecule has 118 valence electrons. The van der Waals surface area contributed by atoms with Crippen molar-refractivity contribution in [2.45, 2.75) is 40.3 Å². The van der Waals surface area contributed by atoms with Gasteiger partial charge < -0.3 is 14.8 Å². The standard InChI is InChI=1S/C16H24FNO3/c1-11(2)8-18-9-13-6-5-7-14(17)16(13)20-10-15(19)21-12(3)4/h5-7,11-12,18H,8-10H2,1-4H3. The van der Waals surface area contributed by atoms with E-state index < -0.39 is 11.8 Å². The van der Waals surface area contributed by atoms with Crippen LogP contribution in [0.3, 0.4) is 0 Å². The second kappa shape index (κ2) is 8.62. The van der Waals surface area contributed by atoms with Crippen molar-refractivity contribution in [3.8, 4) is 5.75 Å². The lowest BCUT2D eigenvalue weighted by Crippen LogP contribution is -2.22. The molecular weight excluding hydrogens is 273 g/mol. The molecule has 0 radical (unpaired) electrons. The van der Waals surface area contributed by atoms with E-state index >= 15 is 0 Å². The molecule has 0 saturated carbocycles. The van der Waals surface area contributed by atoms with Crippen molar-refractivity contribution in [3.63, 3.8) is 0 Å². The highest BCUT2D eigenvalue weighted by molar-refractivity contribution is 5.71. The highest BCUT2D eigenvalue weighted by atomic mass is 19.1. The van der Waals surface area contributed by atoms with Crippen LogP contribution in [0.5, 0.6) is 5.75 Å². The molecule has 0 aromatic heterocycles. The SMILES string of the molecule is CC(C)CNCc1cccc(F)c1OCC(=O)OC(C)C. The summed E-state index contributed by atoms with van der Waals surface area (Å²) < 4.78 is 24.1. The Morgan fingerprint density at radius 3 is 2.62 bits per heavy atom. The first-order chi connectivity index (χ1) is 9.90. The monoisotopic (exact) mass is 297 g/mol. The molecule has 0 bridgehead atoms. The Hall–Kier alpha value is -1.62. The van der Waals surface area contributed by atoms with Crippen LogP contribution in [0.15, 0.2) is 18.2 Å². The summed E-state index contributed by atoms with van der Waals surface area (Å²) in [7, 11) is 0. The Balaban J connectivity index is 2.64. The van der Waals surface area contributed by atoms with Crippen molar-refractivity contribution < 1.29 is 18.7 Å². The molecule has 0 heterocycles. The van der Waals surface area contributed by atoms with Crippen molar-refractivity contribution in [2.24, 2.45) is 5.92 Å². The zero-order valence-corrected chi connectivity index (χ0v) is 13.1. The minimum absolute atomic E-state index is 0.106. The van der Waals surface area contributed by atoms with Gasteiger partial charge in [-0.05, 0) is 32.4 Å². The van der Waals surface area contributed by atoms with Gasteiger partial charge in [-0.25, -0.2) is 9.18 Å². The number of nitrogens with one attached hydrogen (secondary N) is 1.